The van der Waals surface area contributed by atoms with Gasteiger partial charge in [0.15, 0.2) is 0 Å². The number of fused-ring (bicyclic) bond motifs is 1. The lowest BCUT2D eigenvalue weighted by Gasteiger charge is -2.35. The molecule has 5 aliphatic rings. The third-order valence-corrected chi connectivity index (χ3v) is 9.57. The molecule has 9 heteroatoms. The number of likely N-dealkylation sites (tertiary alicyclic amines) is 2. The van der Waals surface area contributed by atoms with Gasteiger partial charge in [0.05, 0.1) is 25.0 Å². The van der Waals surface area contributed by atoms with Crippen LogP contribution in [0, 0.1) is 11.8 Å². The Labute approximate surface area is 236 Å². The number of amides is 3. The van der Waals surface area contributed by atoms with Gasteiger partial charge in [-0.15, -0.1) is 0 Å². The molecule has 4 fully saturated rings. The molecule has 2 N–H and O–H groups in total. The summed E-state index contributed by atoms with van der Waals surface area (Å²) in [6, 6.07) is 6.51. The second kappa shape index (κ2) is 11.5. The molecule has 4 aliphatic heterocycles. The van der Waals surface area contributed by atoms with Crippen molar-refractivity contribution in [3.05, 3.63) is 36.4 Å². The van der Waals surface area contributed by atoms with Crippen LogP contribution in [0.25, 0.3) is 0 Å². The Hall–Kier alpha value is -2.91. The fourth-order valence-corrected chi connectivity index (χ4v) is 7.57. The predicted molar refractivity (Wildman–Crippen MR) is 151 cm³/mol. The Morgan fingerprint density at radius 3 is 2.52 bits per heavy atom. The second-order valence-electron chi connectivity index (χ2n) is 12.1. The van der Waals surface area contributed by atoms with Crippen molar-refractivity contribution in [1.29, 1.82) is 0 Å². The van der Waals surface area contributed by atoms with E-state index in [2.05, 4.69) is 15.5 Å². The van der Waals surface area contributed by atoms with Crippen LogP contribution in [0.15, 0.2) is 36.4 Å². The van der Waals surface area contributed by atoms with Gasteiger partial charge >= 0.3 is 0 Å². The summed E-state index contributed by atoms with van der Waals surface area (Å²) in [4.78, 5) is 46.0. The van der Waals surface area contributed by atoms with Gasteiger partial charge in [-0.05, 0) is 50.9 Å². The van der Waals surface area contributed by atoms with Gasteiger partial charge in [-0.25, -0.2) is 0 Å². The number of carbonyl (C=O) groups excluding carboxylic acids is 3. The van der Waals surface area contributed by atoms with Gasteiger partial charge in [-0.2, -0.15) is 0 Å². The zero-order chi connectivity index (χ0) is 27.7. The maximum atomic E-state index is 14.2. The zero-order valence-electron chi connectivity index (χ0n) is 23.5. The minimum absolute atomic E-state index is 0.119. The van der Waals surface area contributed by atoms with E-state index in [-0.39, 0.29) is 23.8 Å². The van der Waals surface area contributed by atoms with Gasteiger partial charge in [0.2, 0.25) is 17.7 Å². The van der Waals surface area contributed by atoms with E-state index < -0.39 is 29.6 Å². The Morgan fingerprint density at radius 2 is 1.77 bits per heavy atom. The van der Waals surface area contributed by atoms with Gasteiger partial charge in [-0.1, -0.05) is 50.3 Å². The molecule has 6 rings (SSSR count). The van der Waals surface area contributed by atoms with Crippen molar-refractivity contribution < 1.29 is 23.9 Å². The first-order chi connectivity index (χ1) is 19.5. The second-order valence-corrected chi connectivity index (χ2v) is 12.1. The van der Waals surface area contributed by atoms with Gasteiger partial charge < -0.3 is 29.9 Å². The quantitative estimate of drug-likeness (QED) is 0.483. The van der Waals surface area contributed by atoms with Crippen molar-refractivity contribution in [2.75, 3.05) is 38.6 Å². The minimum atomic E-state index is -1.13. The van der Waals surface area contributed by atoms with Gasteiger partial charge in [0, 0.05) is 30.9 Å². The summed E-state index contributed by atoms with van der Waals surface area (Å²) in [5, 5.41) is 6.25. The van der Waals surface area contributed by atoms with Crippen LogP contribution in [0.2, 0.25) is 0 Å². The fourth-order valence-electron chi connectivity index (χ4n) is 7.57. The van der Waals surface area contributed by atoms with Crippen molar-refractivity contribution in [3.63, 3.8) is 0 Å². The number of rotatable bonds is 8. The lowest BCUT2D eigenvalue weighted by Crippen LogP contribution is -2.57. The molecule has 0 aromatic heterocycles. The Bertz CT molecular complexity index is 1140. The van der Waals surface area contributed by atoms with Crippen molar-refractivity contribution in [2.45, 2.75) is 81.6 Å². The molecular weight excluding hydrogens is 508 g/mol. The van der Waals surface area contributed by atoms with Crippen LogP contribution in [0.1, 0.15) is 57.8 Å². The van der Waals surface area contributed by atoms with E-state index in [4.69, 9.17) is 9.47 Å². The summed E-state index contributed by atoms with van der Waals surface area (Å²) < 4.78 is 11.8. The number of nitrogens with zero attached hydrogens (tertiary/aromatic N) is 2. The van der Waals surface area contributed by atoms with E-state index >= 15 is 0 Å². The molecule has 9 nitrogen and oxygen atoms in total. The summed E-state index contributed by atoms with van der Waals surface area (Å²) in [5.74, 6) is -1.40. The third-order valence-electron chi connectivity index (χ3n) is 9.57. The van der Waals surface area contributed by atoms with Crippen LogP contribution in [0.4, 0.5) is 5.69 Å². The molecule has 3 unspecified atom stereocenters. The summed E-state index contributed by atoms with van der Waals surface area (Å²) in [6.45, 7) is 3.20. The van der Waals surface area contributed by atoms with Gasteiger partial charge in [0.1, 0.15) is 17.4 Å². The lowest BCUT2D eigenvalue weighted by molar-refractivity contribution is -0.141. The Morgan fingerprint density at radius 1 is 1.02 bits per heavy atom. The van der Waals surface area contributed by atoms with Crippen molar-refractivity contribution >= 4 is 23.4 Å². The van der Waals surface area contributed by atoms with Crippen molar-refractivity contribution in [2.24, 2.45) is 11.8 Å². The third kappa shape index (κ3) is 5.02. The number of carbonyl (C=O) groups is 3. The number of hydrogen-bond donors (Lipinski definition) is 2. The number of hydrogen-bond acceptors (Lipinski definition) is 6. The van der Waals surface area contributed by atoms with E-state index in [1.165, 1.54) is 19.3 Å². The normalized spacial score (nSPS) is 32.1. The molecule has 0 radical (unpaired) electrons. The summed E-state index contributed by atoms with van der Waals surface area (Å²) >= 11 is 0. The molecule has 4 heterocycles. The maximum Gasteiger partial charge on any atom is 0.246 e. The van der Waals surface area contributed by atoms with E-state index in [0.717, 1.165) is 58.2 Å². The van der Waals surface area contributed by atoms with E-state index in [0.29, 0.717) is 18.0 Å². The lowest BCUT2D eigenvalue weighted by atomic mass is 9.74. The van der Waals surface area contributed by atoms with Gasteiger partial charge in [-0.3, -0.25) is 14.4 Å². The summed E-state index contributed by atoms with van der Waals surface area (Å²) in [5.41, 5.74) is -0.532. The average molecular weight is 551 g/mol. The first-order valence-corrected chi connectivity index (χ1v) is 15.2. The fraction of sp³-hybridized carbons (Fsp3) is 0.645. The van der Waals surface area contributed by atoms with Crippen LogP contribution in [0.3, 0.4) is 0 Å². The predicted octanol–water partition coefficient (Wildman–Crippen LogP) is 3.11. The van der Waals surface area contributed by atoms with E-state index in [9.17, 15) is 14.4 Å². The number of nitrogens with one attached hydrogen (secondary N) is 2. The molecule has 40 heavy (non-hydrogen) atoms. The molecule has 216 valence electrons. The summed E-state index contributed by atoms with van der Waals surface area (Å²) in [7, 11) is 1.58. The van der Waals surface area contributed by atoms with Crippen LogP contribution in [-0.4, -0.2) is 84.6 Å². The molecule has 1 spiro atoms. The molecule has 5 atom stereocenters. The topological polar surface area (TPSA) is 100 Å². The zero-order valence-corrected chi connectivity index (χ0v) is 23.5. The maximum absolute atomic E-state index is 14.2. The first kappa shape index (κ1) is 27.3. The molecule has 1 aromatic rings. The first-order valence-electron chi connectivity index (χ1n) is 15.2. The highest BCUT2D eigenvalue weighted by atomic mass is 16.5. The van der Waals surface area contributed by atoms with Crippen LogP contribution in [-0.2, 0) is 19.1 Å². The average Bonchev–Trinajstić information content (AvgIpc) is 3.51. The van der Waals surface area contributed by atoms with E-state index in [1.54, 1.807) is 24.1 Å². The van der Waals surface area contributed by atoms with Crippen molar-refractivity contribution in [1.82, 2.24) is 15.1 Å². The molecule has 1 aromatic carbocycles. The minimum Gasteiger partial charge on any atom is -0.497 e. The van der Waals surface area contributed by atoms with Crippen molar-refractivity contribution in [3.8, 4) is 5.75 Å². The smallest absolute Gasteiger partial charge is 0.246 e. The largest absolute Gasteiger partial charge is 0.497 e. The van der Waals surface area contributed by atoms with Crippen LogP contribution < -0.4 is 15.4 Å². The SMILES string of the molecule is COc1cccc(NC(=O)C2[C@@H]3C=CC4(O3)C(C(=O)NC3CCCCC3)N(CCN3CCCCCC3)C(=O)[C@H]24)c1. The highest BCUT2D eigenvalue weighted by Crippen LogP contribution is 2.55. The number of ether oxygens (including phenoxy) is 2. The molecule has 1 aliphatic carbocycles. The van der Waals surface area contributed by atoms with Gasteiger partial charge in [0.25, 0.3) is 0 Å². The standard InChI is InChI=1S/C31H42N4O5/c1-39-23-13-9-12-22(20-23)33-28(36)25-24-14-15-31(40-24)26(25)30(38)35(19-18-34-16-7-2-3-8-17-34)27(31)29(37)32-21-10-5-4-6-11-21/h9,12-15,20-21,24-27H,2-8,10-11,16-19H2,1H3,(H,32,37)(H,33,36)/t24-,25?,26-,27?,31?/m0/s1. The van der Waals surface area contributed by atoms with E-state index in [1.807, 2.05) is 24.3 Å². The molecule has 3 saturated heterocycles. The number of benzene rings is 1. The summed E-state index contributed by atoms with van der Waals surface area (Å²) in [6.07, 6.45) is 13.3. The van der Waals surface area contributed by atoms with Crippen LogP contribution in [0.5, 0.6) is 5.75 Å². The number of anilines is 1. The molecular formula is C31H42N4O5. The highest BCUT2D eigenvalue weighted by molar-refractivity contribution is 6.02. The molecule has 1 saturated carbocycles. The molecule has 2 bridgehead atoms. The Kier molecular flexibility index (Phi) is 7.86. The number of methoxy groups -OCH3 is 1. The monoisotopic (exact) mass is 550 g/mol. The Balaban J connectivity index is 1.26. The van der Waals surface area contributed by atoms with Crippen LogP contribution >= 0.6 is 0 Å². The molecule has 3 amide bonds. The highest BCUT2D eigenvalue weighted by Gasteiger charge is 2.72.